The average Bonchev–Trinajstić information content (AvgIpc) is 2.97. The Hall–Kier alpha value is -2.04. The van der Waals surface area contributed by atoms with Crippen molar-refractivity contribution in [3.05, 3.63) is 23.8 Å². The quantitative estimate of drug-likeness (QED) is 0.780. The third kappa shape index (κ3) is 5.24. The number of amides is 2. The van der Waals surface area contributed by atoms with Gasteiger partial charge in [-0.1, -0.05) is 17.4 Å². The van der Waals surface area contributed by atoms with Gasteiger partial charge in [0.05, 0.1) is 34.8 Å². The molecule has 0 bridgehead atoms. The van der Waals surface area contributed by atoms with E-state index in [1.54, 1.807) is 11.9 Å². The molecule has 2 aromatic rings. The second kappa shape index (κ2) is 7.91. The van der Waals surface area contributed by atoms with Crippen molar-refractivity contribution < 1.29 is 18.0 Å². The molecule has 0 atom stereocenters. The molecule has 27 heavy (non-hydrogen) atoms. The summed E-state index contributed by atoms with van der Waals surface area (Å²) in [5.74, 6) is -0.393. The number of nitrogens with one attached hydrogen (secondary N) is 1. The van der Waals surface area contributed by atoms with Crippen molar-refractivity contribution in [2.75, 3.05) is 50.0 Å². The molecule has 3 rings (SSSR count). The van der Waals surface area contributed by atoms with E-state index in [4.69, 9.17) is 0 Å². The van der Waals surface area contributed by atoms with E-state index >= 15 is 0 Å². The molecule has 2 amide bonds. The summed E-state index contributed by atoms with van der Waals surface area (Å²) < 4.78 is 23.9. The lowest BCUT2D eigenvalue weighted by Gasteiger charge is -2.27. The van der Waals surface area contributed by atoms with Crippen molar-refractivity contribution in [3.63, 3.8) is 0 Å². The van der Waals surface area contributed by atoms with Gasteiger partial charge in [-0.2, -0.15) is 0 Å². The molecule has 0 saturated carbocycles. The highest BCUT2D eigenvalue weighted by molar-refractivity contribution is 7.91. The molecule has 1 aliphatic rings. The maximum atomic E-state index is 12.3. The van der Waals surface area contributed by atoms with E-state index in [1.165, 1.54) is 16.2 Å². The summed E-state index contributed by atoms with van der Waals surface area (Å²) in [5.41, 5.74) is 1.95. The predicted octanol–water partition coefficient (Wildman–Crippen LogP) is 0.732. The summed E-state index contributed by atoms with van der Waals surface area (Å²) in [6, 6.07) is 5.88. The first-order chi connectivity index (χ1) is 12.7. The van der Waals surface area contributed by atoms with Crippen molar-refractivity contribution in [1.29, 1.82) is 0 Å². The van der Waals surface area contributed by atoms with Gasteiger partial charge in [0, 0.05) is 20.1 Å². The van der Waals surface area contributed by atoms with Gasteiger partial charge in [-0.15, -0.1) is 0 Å². The summed E-state index contributed by atoms with van der Waals surface area (Å²) in [4.78, 5) is 32.0. The Balaban J connectivity index is 1.51. The molecule has 0 aliphatic carbocycles. The van der Waals surface area contributed by atoms with Crippen LogP contribution in [0, 0.1) is 6.92 Å². The van der Waals surface area contributed by atoms with E-state index in [0.717, 1.165) is 15.8 Å². The van der Waals surface area contributed by atoms with Gasteiger partial charge in [-0.25, -0.2) is 13.4 Å². The van der Waals surface area contributed by atoms with Crippen LogP contribution in [-0.4, -0.2) is 79.7 Å². The van der Waals surface area contributed by atoms with Crippen LogP contribution >= 0.6 is 11.3 Å². The van der Waals surface area contributed by atoms with E-state index in [2.05, 4.69) is 10.3 Å². The minimum absolute atomic E-state index is 0.0710. The summed E-state index contributed by atoms with van der Waals surface area (Å²) in [6.45, 7) is 2.72. The monoisotopic (exact) mass is 410 g/mol. The fraction of sp³-hybridized carbons (Fsp3) is 0.471. The summed E-state index contributed by atoms with van der Waals surface area (Å²) in [7, 11) is -1.42. The first kappa shape index (κ1) is 19.7. The maximum absolute atomic E-state index is 12.3. The zero-order valence-electron chi connectivity index (χ0n) is 15.3. The molecule has 146 valence electrons. The second-order valence-electron chi connectivity index (χ2n) is 6.72. The van der Waals surface area contributed by atoms with Crippen LogP contribution in [0.2, 0.25) is 0 Å². The molecule has 2 heterocycles. The van der Waals surface area contributed by atoms with E-state index in [0.29, 0.717) is 18.2 Å². The fourth-order valence-corrected chi connectivity index (χ4v) is 5.03. The zero-order valence-corrected chi connectivity index (χ0v) is 16.9. The van der Waals surface area contributed by atoms with Gasteiger partial charge in [0.15, 0.2) is 15.0 Å². The smallest absolute Gasteiger partial charge is 0.245 e. The molecule has 1 aromatic heterocycles. The molecule has 1 aliphatic heterocycles. The van der Waals surface area contributed by atoms with Gasteiger partial charge in [0.2, 0.25) is 11.8 Å². The number of thiazole rings is 1. The van der Waals surface area contributed by atoms with Crippen molar-refractivity contribution >= 4 is 48.3 Å². The molecule has 1 aromatic carbocycles. The first-order valence-corrected chi connectivity index (χ1v) is 11.2. The van der Waals surface area contributed by atoms with Crippen molar-refractivity contribution in [2.45, 2.75) is 6.92 Å². The predicted molar refractivity (Wildman–Crippen MR) is 106 cm³/mol. The van der Waals surface area contributed by atoms with Gasteiger partial charge in [0.25, 0.3) is 0 Å². The van der Waals surface area contributed by atoms with Crippen molar-refractivity contribution in [3.8, 4) is 0 Å². The SMILES string of the molecule is Cc1ccc2nc(NC(=O)CN(C)C(=O)CN3CCS(=O)(=O)CC3)sc2c1. The molecular weight excluding hydrogens is 388 g/mol. The number of anilines is 1. The largest absolute Gasteiger partial charge is 0.335 e. The Morgan fingerprint density at radius 3 is 2.70 bits per heavy atom. The van der Waals surface area contributed by atoms with Crippen LogP contribution in [0.3, 0.4) is 0 Å². The average molecular weight is 411 g/mol. The molecular formula is C17H22N4O4S2. The lowest BCUT2D eigenvalue weighted by Crippen LogP contribution is -2.46. The minimum Gasteiger partial charge on any atom is -0.335 e. The lowest BCUT2D eigenvalue weighted by molar-refractivity contribution is -0.134. The third-order valence-electron chi connectivity index (χ3n) is 4.39. The highest BCUT2D eigenvalue weighted by Crippen LogP contribution is 2.26. The van der Waals surface area contributed by atoms with Gasteiger partial charge in [-0.3, -0.25) is 14.5 Å². The number of likely N-dealkylation sites (N-methyl/N-ethyl adjacent to an activating group) is 1. The van der Waals surface area contributed by atoms with Gasteiger partial charge >= 0.3 is 0 Å². The Labute approximate surface area is 162 Å². The number of rotatable bonds is 5. The number of sulfone groups is 1. The summed E-state index contributed by atoms with van der Waals surface area (Å²) >= 11 is 1.39. The number of nitrogens with zero attached hydrogens (tertiary/aromatic N) is 3. The number of carbonyl (C=O) groups excluding carboxylic acids is 2. The van der Waals surface area contributed by atoms with Gasteiger partial charge in [-0.05, 0) is 24.6 Å². The normalized spacial score (nSPS) is 17.0. The Morgan fingerprint density at radius 1 is 1.30 bits per heavy atom. The van der Waals surface area contributed by atoms with Crippen LogP contribution in [0.4, 0.5) is 5.13 Å². The Bertz CT molecular complexity index is 956. The molecule has 1 fully saturated rings. The number of aryl methyl sites for hydroxylation is 1. The number of aromatic nitrogens is 1. The first-order valence-electron chi connectivity index (χ1n) is 8.56. The maximum Gasteiger partial charge on any atom is 0.245 e. The van der Waals surface area contributed by atoms with Crippen LogP contribution < -0.4 is 5.32 Å². The zero-order chi connectivity index (χ0) is 19.6. The molecule has 8 nitrogen and oxygen atoms in total. The third-order valence-corrected chi connectivity index (χ3v) is 6.94. The van der Waals surface area contributed by atoms with Crippen molar-refractivity contribution in [1.82, 2.24) is 14.8 Å². The molecule has 1 N–H and O–H groups in total. The molecule has 10 heteroatoms. The minimum atomic E-state index is -2.98. The van der Waals surface area contributed by atoms with E-state index < -0.39 is 9.84 Å². The van der Waals surface area contributed by atoms with Crippen LogP contribution in [-0.2, 0) is 19.4 Å². The van der Waals surface area contributed by atoms with Crippen LogP contribution in [0.1, 0.15) is 5.56 Å². The molecule has 0 unspecified atom stereocenters. The molecule has 1 saturated heterocycles. The number of carbonyl (C=O) groups is 2. The topological polar surface area (TPSA) is 99.7 Å². The second-order valence-corrected chi connectivity index (χ2v) is 10.1. The van der Waals surface area contributed by atoms with Crippen molar-refractivity contribution in [2.24, 2.45) is 0 Å². The van der Waals surface area contributed by atoms with Crippen LogP contribution in [0.5, 0.6) is 0 Å². The number of hydrogen-bond acceptors (Lipinski definition) is 7. The summed E-state index contributed by atoms with van der Waals surface area (Å²) in [5, 5.41) is 3.24. The standard InChI is InChI=1S/C17H22N4O4S2/c1-12-3-4-13-14(9-12)26-17(18-13)19-15(22)10-20(2)16(23)11-21-5-7-27(24,25)8-6-21/h3-4,9H,5-8,10-11H2,1-2H3,(H,18,19,22). The van der Waals surface area contributed by atoms with Gasteiger partial charge < -0.3 is 10.2 Å². The number of benzene rings is 1. The fourth-order valence-electron chi connectivity index (χ4n) is 2.77. The van der Waals surface area contributed by atoms with E-state index in [9.17, 15) is 18.0 Å². The van der Waals surface area contributed by atoms with E-state index in [1.807, 2.05) is 25.1 Å². The highest BCUT2D eigenvalue weighted by Gasteiger charge is 2.24. The molecule has 0 spiro atoms. The van der Waals surface area contributed by atoms with Crippen LogP contribution in [0.15, 0.2) is 18.2 Å². The molecule has 0 radical (unpaired) electrons. The number of fused-ring (bicyclic) bond motifs is 1. The van der Waals surface area contributed by atoms with Crippen LogP contribution in [0.25, 0.3) is 10.2 Å². The lowest BCUT2D eigenvalue weighted by atomic mass is 10.2. The Morgan fingerprint density at radius 2 is 2.00 bits per heavy atom. The van der Waals surface area contributed by atoms with E-state index in [-0.39, 0.29) is 36.4 Å². The Kier molecular flexibility index (Phi) is 5.78. The summed E-state index contributed by atoms with van der Waals surface area (Å²) in [6.07, 6.45) is 0. The number of hydrogen-bond donors (Lipinski definition) is 1. The highest BCUT2D eigenvalue weighted by atomic mass is 32.2. The van der Waals surface area contributed by atoms with Gasteiger partial charge in [0.1, 0.15) is 0 Å².